The SMILES string of the molecule is CCCCCCCCCCCCCCCCC(=O)OC[C@H](COP(=O)(O)OC[C@@H](O)COP(=O)(O)OC[C@@H](COC(=O)CCCCCCCCCCCCC)OC(=O)CCCCCCCCCCCCCC)OC(=O)CCCCCCCCCCCCCCCCCC(C)C. The van der Waals surface area contributed by atoms with Crippen LogP contribution in [0.2, 0.25) is 0 Å². The maximum atomic E-state index is 13.1. The lowest BCUT2D eigenvalue weighted by molar-refractivity contribution is -0.161. The first-order chi connectivity index (χ1) is 46.0. The zero-order valence-corrected chi connectivity index (χ0v) is 63.6. The van der Waals surface area contributed by atoms with Gasteiger partial charge in [0.05, 0.1) is 26.4 Å². The van der Waals surface area contributed by atoms with E-state index in [1.807, 2.05) is 0 Å². The summed E-state index contributed by atoms with van der Waals surface area (Å²) in [5, 5.41) is 10.6. The summed E-state index contributed by atoms with van der Waals surface area (Å²) in [5.74, 6) is -1.31. The molecule has 0 saturated heterocycles. The van der Waals surface area contributed by atoms with E-state index in [2.05, 4.69) is 34.6 Å². The van der Waals surface area contributed by atoms with E-state index >= 15 is 0 Å². The lowest BCUT2D eigenvalue weighted by Gasteiger charge is -2.21. The predicted molar refractivity (Wildman–Crippen MR) is 386 cm³/mol. The Balaban J connectivity index is 5.24. The summed E-state index contributed by atoms with van der Waals surface area (Å²) < 4.78 is 68.5. The van der Waals surface area contributed by atoms with Gasteiger partial charge in [-0.3, -0.25) is 37.3 Å². The highest BCUT2D eigenvalue weighted by atomic mass is 31.2. The third kappa shape index (κ3) is 70.3. The minimum absolute atomic E-state index is 0.108. The zero-order valence-electron chi connectivity index (χ0n) is 61.8. The van der Waals surface area contributed by atoms with Crippen LogP contribution in [0.15, 0.2) is 0 Å². The van der Waals surface area contributed by atoms with Gasteiger partial charge in [-0.05, 0) is 31.6 Å². The minimum atomic E-state index is -4.96. The van der Waals surface area contributed by atoms with E-state index in [9.17, 15) is 43.2 Å². The van der Waals surface area contributed by atoms with Crippen LogP contribution in [-0.4, -0.2) is 96.7 Å². The van der Waals surface area contributed by atoms with Crippen LogP contribution in [0, 0.1) is 5.92 Å². The van der Waals surface area contributed by atoms with Gasteiger partial charge in [0.25, 0.3) is 0 Å². The highest BCUT2D eigenvalue weighted by molar-refractivity contribution is 7.47. The fourth-order valence-electron chi connectivity index (χ4n) is 11.7. The molecule has 0 aromatic carbocycles. The van der Waals surface area contributed by atoms with E-state index in [-0.39, 0.29) is 25.7 Å². The van der Waals surface area contributed by atoms with Crippen molar-refractivity contribution in [1.82, 2.24) is 0 Å². The molecule has 0 aliphatic carbocycles. The van der Waals surface area contributed by atoms with Gasteiger partial charge in [-0.2, -0.15) is 0 Å². The molecule has 0 radical (unpaired) electrons. The van der Waals surface area contributed by atoms with Crippen molar-refractivity contribution >= 4 is 39.5 Å². The molecule has 0 aliphatic heterocycles. The lowest BCUT2D eigenvalue weighted by Crippen LogP contribution is -2.30. The van der Waals surface area contributed by atoms with E-state index < -0.39 is 97.5 Å². The van der Waals surface area contributed by atoms with Gasteiger partial charge >= 0.3 is 39.5 Å². The van der Waals surface area contributed by atoms with E-state index in [4.69, 9.17) is 37.0 Å². The number of carbonyl (C=O) groups is 4. The monoisotopic (exact) mass is 1400 g/mol. The minimum Gasteiger partial charge on any atom is -0.462 e. The lowest BCUT2D eigenvalue weighted by atomic mass is 10.0. The summed E-state index contributed by atoms with van der Waals surface area (Å²) in [6.07, 6.45) is 58.0. The second-order valence-corrected chi connectivity index (χ2v) is 30.8. The largest absolute Gasteiger partial charge is 0.472 e. The van der Waals surface area contributed by atoms with Crippen LogP contribution in [-0.2, 0) is 65.4 Å². The Bertz CT molecular complexity index is 1820. The molecular formula is C76H148O17P2. The maximum Gasteiger partial charge on any atom is 0.472 e. The number of ether oxygens (including phenoxy) is 4. The number of rotatable bonds is 76. The van der Waals surface area contributed by atoms with Gasteiger partial charge in [0.2, 0.25) is 0 Å². The molecule has 5 atom stereocenters. The topological polar surface area (TPSA) is 237 Å². The average molecular weight is 1400 g/mol. The first-order valence-corrected chi connectivity index (χ1v) is 42.6. The first kappa shape index (κ1) is 93.1. The van der Waals surface area contributed by atoms with Gasteiger partial charge in [-0.1, -0.05) is 349 Å². The predicted octanol–water partition coefficient (Wildman–Crippen LogP) is 22.5. The molecule has 0 bridgehead atoms. The maximum absolute atomic E-state index is 13.1. The Morgan fingerprint density at radius 3 is 0.716 bits per heavy atom. The Kier molecular flexibility index (Phi) is 67.7. The molecule has 0 saturated carbocycles. The van der Waals surface area contributed by atoms with Crippen molar-refractivity contribution < 1.29 is 80.2 Å². The van der Waals surface area contributed by atoms with Crippen molar-refractivity contribution in [3.8, 4) is 0 Å². The summed E-state index contributed by atoms with van der Waals surface area (Å²) in [6, 6.07) is 0. The van der Waals surface area contributed by atoms with Gasteiger partial charge in [0.1, 0.15) is 19.3 Å². The van der Waals surface area contributed by atoms with Crippen LogP contribution >= 0.6 is 15.6 Å². The second-order valence-electron chi connectivity index (χ2n) is 27.9. The van der Waals surface area contributed by atoms with Gasteiger partial charge in [0, 0.05) is 25.7 Å². The molecule has 3 N–H and O–H groups in total. The highest BCUT2D eigenvalue weighted by Crippen LogP contribution is 2.45. The fourth-order valence-corrected chi connectivity index (χ4v) is 13.3. The zero-order chi connectivity index (χ0) is 69.8. The van der Waals surface area contributed by atoms with Crippen molar-refractivity contribution in [3.63, 3.8) is 0 Å². The second kappa shape index (κ2) is 69.2. The summed E-state index contributed by atoms with van der Waals surface area (Å²) in [7, 11) is -9.91. The molecule has 2 unspecified atom stereocenters. The number of unbranched alkanes of at least 4 members (excludes halogenated alkanes) is 48. The van der Waals surface area contributed by atoms with Crippen molar-refractivity contribution in [2.75, 3.05) is 39.6 Å². The van der Waals surface area contributed by atoms with Gasteiger partial charge in [0.15, 0.2) is 12.2 Å². The van der Waals surface area contributed by atoms with Crippen LogP contribution in [0.4, 0.5) is 0 Å². The number of phosphoric acid groups is 2. The third-order valence-corrected chi connectivity index (χ3v) is 19.7. The number of hydrogen-bond donors (Lipinski definition) is 3. The normalized spacial score (nSPS) is 13.9. The molecule has 0 spiro atoms. The molecule has 0 fully saturated rings. The molecule has 95 heavy (non-hydrogen) atoms. The Morgan fingerprint density at radius 2 is 0.484 bits per heavy atom. The van der Waals surface area contributed by atoms with Crippen LogP contribution in [0.25, 0.3) is 0 Å². The molecule has 0 aliphatic rings. The number of aliphatic hydroxyl groups is 1. The summed E-state index contributed by atoms with van der Waals surface area (Å²) in [5.41, 5.74) is 0. The summed E-state index contributed by atoms with van der Waals surface area (Å²) in [6.45, 7) is 7.32. The highest BCUT2D eigenvalue weighted by Gasteiger charge is 2.30. The molecule has 0 amide bonds. The molecule has 564 valence electrons. The third-order valence-electron chi connectivity index (χ3n) is 17.8. The first-order valence-electron chi connectivity index (χ1n) is 39.6. The van der Waals surface area contributed by atoms with Gasteiger partial charge in [-0.15, -0.1) is 0 Å². The van der Waals surface area contributed by atoms with E-state index in [0.29, 0.717) is 25.7 Å². The molecule has 0 aromatic heterocycles. The molecule has 0 heterocycles. The fraction of sp³-hybridized carbons (Fsp3) is 0.947. The molecule has 0 rings (SSSR count). The average Bonchev–Trinajstić information content (AvgIpc) is 1.46. The Hall–Kier alpha value is -1.94. The smallest absolute Gasteiger partial charge is 0.462 e. The standard InChI is InChI=1S/C76H148O17P2/c1-6-9-12-15-18-21-24-26-31-36-40-45-50-55-60-74(79)87-66-72(93-76(81)62-57-52-47-42-37-32-29-27-28-30-34-38-43-48-53-58-69(4)5)68-91-95(84,85)89-64-70(77)63-88-94(82,83)90-67-71(65-86-73(78)59-54-49-44-39-33-23-20-17-14-11-8-3)92-75(80)61-56-51-46-41-35-25-22-19-16-13-10-7-2/h69-72,77H,6-68H2,1-5H3,(H,82,83)(H,84,85)/t70-,71+,72+/m0/s1. The van der Waals surface area contributed by atoms with Gasteiger partial charge < -0.3 is 33.8 Å². The number of hydrogen-bond acceptors (Lipinski definition) is 15. The number of carbonyl (C=O) groups excluding carboxylic acids is 4. The molecule has 0 aromatic rings. The molecular weight excluding hydrogens is 1250 g/mol. The van der Waals surface area contributed by atoms with Crippen LogP contribution < -0.4 is 0 Å². The number of phosphoric ester groups is 2. The van der Waals surface area contributed by atoms with Crippen molar-refractivity contribution in [3.05, 3.63) is 0 Å². The van der Waals surface area contributed by atoms with Crippen molar-refractivity contribution in [1.29, 1.82) is 0 Å². The van der Waals surface area contributed by atoms with E-state index in [0.717, 1.165) is 95.8 Å². The van der Waals surface area contributed by atoms with E-state index in [1.54, 1.807) is 0 Å². The Labute approximate surface area is 581 Å². The number of esters is 4. The van der Waals surface area contributed by atoms with Crippen molar-refractivity contribution in [2.45, 2.75) is 419 Å². The van der Waals surface area contributed by atoms with Crippen LogP contribution in [0.5, 0.6) is 0 Å². The summed E-state index contributed by atoms with van der Waals surface area (Å²) in [4.78, 5) is 72.8. The number of aliphatic hydroxyl groups excluding tert-OH is 1. The van der Waals surface area contributed by atoms with E-state index in [1.165, 1.54) is 225 Å². The molecule has 17 nitrogen and oxygen atoms in total. The van der Waals surface area contributed by atoms with Crippen LogP contribution in [0.1, 0.15) is 401 Å². The van der Waals surface area contributed by atoms with Crippen molar-refractivity contribution in [2.24, 2.45) is 5.92 Å². The molecule has 19 heteroatoms. The quantitative estimate of drug-likeness (QED) is 0.0222. The van der Waals surface area contributed by atoms with Gasteiger partial charge in [-0.25, -0.2) is 9.13 Å². The van der Waals surface area contributed by atoms with Crippen LogP contribution in [0.3, 0.4) is 0 Å². The summed E-state index contributed by atoms with van der Waals surface area (Å²) >= 11 is 0. The Morgan fingerprint density at radius 1 is 0.284 bits per heavy atom.